The van der Waals surface area contributed by atoms with Crippen LogP contribution in [-0.2, 0) is 11.2 Å². The van der Waals surface area contributed by atoms with Crippen LogP contribution in [0.15, 0.2) is 35.4 Å². The lowest BCUT2D eigenvalue weighted by atomic mass is 10.2. The summed E-state index contributed by atoms with van der Waals surface area (Å²) in [4.78, 5) is 11.1. The highest BCUT2D eigenvalue weighted by atomic mass is 16.5. The minimum atomic E-state index is 0.0125. The highest BCUT2D eigenvalue weighted by Gasteiger charge is 2.14. The van der Waals surface area contributed by atoms with E-state index in [4.69, 9.17) is 4.74 Å². The number of morpholine rings is 1. The second-order valence-corrected chi connectivity index (χ2v) is 5.88. The van der Waals surface area contributed by atoms with E-state index in [1.807, 2.05) is 31.2 Å². The average molecular weight is 341 g/mol. The predicted octanol–water partition coefficient (Wildman–Crippen LogP) is 1.60. The van der Waals surface area contributed by atoms with Crippen molar-refractivity contribution in [2.24, 2.45) is 5.10 Å². The van der Waals surface area contributed by atoms with Crippen LogP contribution in [0.25, 0.3) is 0 Å². The van der Waals surface area contributed by atoms with Gasteiger partial charge in [0, 0.05) is 25.6 Å². The van der Waals surface area contributed by atoms with Crippen LogP contribution in [0.4, 0.5) is 11.6 Å². The number of nitrogens with zero attached hydrogens (tertiary/aromatic N) is 4. The third-order valence-corrected chi connectivity index (χ3v) is 3.86. The molecule has 0 radical (unpaired) electrons. The van der Waals surface area contributed by atoms with E-state index in [9.17, 15) is 5.11 Å². The number of hydrazone groups is 1. The Bertz CT molecular complexity index is 729. The molecule has 0 amide bonds. The van der Waals surface area contributed by atoms with Crippen LogP contribution in [0.2, 0.25) is 0 Å². The maximum atomic E-state index is 9.20. The Morgan fingerprint density at radius 3 is 2.88 bits per heavy atom. The molecule has 0 unspecified atom stereocenters. The van der Waals surface area contributed by atoms with Crippen molar-refractivity contribution < 1.29 is 9.84 Å². The van der Waals surface area contributed by atoms with Crippen molar-refractivity contribution in [3.63, 3.8) is 0 Å². The molecule has 2 aromatic rings. The maximum absolute atomic E-state index is 9.20. The van der Waals surface area contributed by atoms with E-state index in [1.165, 1.54) is 5.56 Å². The van der Waals surface area contributed by atoms with Gasteiger partial charge in [0.1, 0.15) is 11.6 Å². The van der Waals surface area contributed by atoms with Crippen molar-refractivity contribution in [2.75, 3.05) is 43.2 Å². The van der Waals surface area contributed by atoms with Gasteiger partial charge in [-0.3, -0.25) is 5.43 Å². The van der Waals surface area contributed by atoms with Gasteiger partial charge in [-0.15, -0.1) is 0 Å². The topological polar surface area (TPSA) is 82.9 Å². The van der Waals surface area contributed by atoms with Crippen LogP contribution in [-0.4, -0.2) is 54.2 Å². The largest absolute Gasteiger partial charge is 0.396 e. The summed E-state index contributed by atoms with van der Waals surface area (Å²) in [7, 11) is 0. The number of aliphatic hydroxyl groups is 1. The molecule has 2 heterocycles. The number of anilines is 2. The third-order valence-electron chi connectivity index (χ3n) is 3.86. The maximum Gasteiger partial charge on any atom is 0.152 e. The van der Waals surface area contributed by atoms with Crippen molar-refractivity contribution in [1.82, 2.24) is 9.97 Å². The first-order valence-electron chi connectivity index (χ1n) is 8.42. The van der Waals surface area contributed by atoms with E-state index < -0.39 is 0 Å². The smallest absolute Gasteiger partial charge is 0.152 e. The van der Waals surface area contributed by atoms with Gasteiger partial charge in [0.2, 0.25) is 0 Å². The van der Waals surface area contributed by atoms with Crippen LogP contribution < -0.4 is 10.3 Å². The van der Waals surface area contributed by atoms with Crippen molar-refractivity contribution in [1.29, 1.82) is 0 Å². The van der Waals surface area contributed by atoms with E-state index in [0.717, 1.165) is 24.5 Å². The Labute approximate surface area is 147 Å². The van der Waals surface area contributed by atoms with Crippen LogP contribution in [0, 0.1) is 6.92 Å². The summed E-state index contributed by atoms with van der Waals surface area (Å²) >= 11 is 0. The van der Waals surface area contributed by atoms with E-state index in [-0.39, 0.29) is 6.61 Å². The molecular weight excluding hydrogens is 318 g/mol. The number of nitrogens with one attached hydrogen (secondary N) is 1. The van der Waals surface area contributed by atoms with Gasteiger partial charge in [0.25, 0.3) is 0 Å². The van der Waals surface area contributed by atoms with Crippen molar-refractivity contribution >= 4 is 17.9 Å². The van der Waals surface area contributed by atoms with E-state index in [0.29, 0.717) is 31.3 Å². The average Bonchev–Trinajstić information content (AvgIpc) is 2.63. The molecule has 1 fully saturated rings. The van der Waals surface area contributed by atoms with Gasteiger partial charge in [-0.1, -0.05) is 29.8 Å². The number of hydrogen-bond donors (Lipinski definition) is 2. The summed E-state index contributed by atoms with van der Waals surface area (Å²) < 4.78 is 5.39. The molecule has 1 aromatic carbocycles. The van der Waals surface area contributed by atoms with E-state index in [1.54, 1.807) is 6.21 Å². The fourth-order valence-electron chi connectivity index (χ4n) is 2.63. The minimum absolute atomic E-state index is 0.0125. The van der Waals surface area contributed by atoms with Crippen molar-refractivity contribution in [2.45, 2.75) is 13.3 Å². The van der Waals surface area contributed by atoms with Crippen LogP contribution >= 0.6 is 0 Å². The quantitative estimate of drug-likeness (QED) is 0.613. The first-order chi connectivity index (χ1) is 12.2. The van der Waals surface area contributed by atoms with Gasteiger partial charge < -0.3 is 14.7 Å². The Kier molecular flexibility index (Phi) is 5.92. The molecule has 25 heavy (non-hydrogen) atoms. The number of aryl methyl sites for hydroxylation is 1. The van der Waals surface area contributed by atoms with Crippen LogP contribution in [0.3, 0.4) is 0 Å². The monoisotopic (exact) mass is 341 g/mol. The Morgan fingerprint density at radius 1 is 1.28 bits per heavy atom. The van der Waals surface area contributed by atoms with Gasteiger partial charge in [-0.25, -0.2) is 9.97 Å². The molecule has 0 bridgehead atoms. The Hall–Kier alpha value is -2.51. The molecule has 2 N–H and O–H groups in total. The number of aliphatic hydroxyl groups excluding tert-OH is 1. The molecule has 132 valence electrons. The van der Waals surface area contributed by atoms with E-state index in [2.05, 4.69) is 31.5 Å². The van der Waals surface area contributed by atoms with Gasteiger partial charge in [-0.2, -0.15) is 5.10 Å². The summed E-state index contributed by atoms with van der Waals surface area (Å²) in [6.07, 6.45) is 2.17. The first kappa shape index (κ1) is 17.3. The van der Waals surface area contributed by atoms with Crippen molar-refractivity contribution in [3.05, 3.63) is 47.3 Å². The first-order valence-corrected chi connectivity index (χ1v) is 8.42. The summed E-state index contributed by atoms with van der Waals surface area (Å²) in [5, 5.41) is 13.5. The minimum Gasteiger partial charge on any atom is -0.396 e. The van der Waals surface area contributed by atoms with Crippen molar-refractivity contribution in [3.8, 4) is 0 Å². The third kappa shape index (κ3) is 4.98. The standard InChI is InChI=1S/C18H23N5O2/c1-14-3-2-4-15(11-14)13-19-22-17-12-18(21-16(20-17)5-8-24)23-6-9-25-10-7-23/h2-4,11-13,24H,5-10H2,1H3,(H,20,21,22). The zero-order chi connectivity index (χ0) is 17.5. The molecule has 1 aliphatic rings. The molecule has 0 saturated carbocycles. The molecule has 1 saturated heterocycles. The van der Waals surface area contributed by atoms with Gasteiger partial charge in [-0.05, 0) is 12.5 Å². The van der Waals surface area contributed by atoms with Gasteiger partial charge in [0.05, 0.1) is 26.0 Å². The fourth-order valence-corrected chi connectivity index (χ4v) is 2.63. The van der Waals surface area contributed by atoms with E-state index >= 15 is 0 Å². The number of rotatable bonds is 6. The molecule has 0 atom stereocenters. The van der Waals surface area contributed by atoms with Crippen LogP contribution in [0.5, 0.6) is 0 Å². The SMILES string of the molecule is Cc1cccc(C=NNc2cc(N3CCOCC3)nc(CCO)n2)c1. The predicted molar refractivity (Wildman–Crippen MR) is 98.2 cm³/mol. The summed E-state index contributed by atoms with van der Waals surface area (Å²) in [5.41, 5.74) is 5.17. The second-order valence-electron chi connectivity index (χ2n) is 5.88. The highest BCUT2D eigenvalue weighted by Crippen LogP contribution is 2.17. The van der Waals surface area contributed by atoms with Crippen LogP contribution in [0.1, 0.15) is 17.0 Å². The summed E-state index contributed by atoms with van der Waals surface area (Å²) in [6.45, 7) is 5.02. The lowest BCUT2D eigenvalue weighted by molar-refractivity contribution is 0.122. The summed E-state index contributed by atoms with van der Waals surface area (Å²) in [6, 6.07) is 9.97. The molecule has 0 spiro atoms. The number of ether oxygens (including phenoxy) is 1. The molecule has 1 aliphatic heterocycles. The summed E-state index contributed by atoms with van der Waals surface area (Å²) in [5.74, 6) is 2.04. The molecule has 0 aliphatic carbocycles. The zero-order valence-corrected chi connectivity index (χ0v) is 14.4. The Morgan fingerprint density at radius 2 is 2.12 bits per heavy atom. The fraction of sp³-hybridized carbons (Fsp3) is 0.389. The van der Waals surface area contributed by atoms with Gasteiger partial charge >= 0.3 is 0 Å². The highest BCUT2D eigenvalue weighted by molar-refractivity contribution is 5.80. The molecule has 7 heteroatoms. The lowest BCUT2D eigenvalue weighted by Gasteiger charge is -2.28. The lowest BCUT2D eigenvalue weighted by Crippen LogP contribution is -2.37. The molecule has 7 nitrogen and oxygen atoms in total. The molecule has 3 rings (SSSR count). The zero-order valence-electron chi connectivity index (χ0n) is 14.4. The number of aromatic nitrogens is 2. The number of benzene rings is 1. The molecular formula is C18H23N5O2. The number of hydrogen-bond acceptors (Lipinski definition) is 7. The Balaban J connectivity index is 1.75. The van der Waals surface area contributed by atoms with Gasteiger partial charge in [0.15, 0.2) is 5.82 Å². The second kappa shape index (κ2) is 8.55. The normalized spacial score (nSPS) is 14.9. The molecule has 1 aromatic heterocycles.